The van der Waals surface area contributed by atoms with Crippen molar-refractivity contribution in [3.63, 3.8) is 0 Å². The third-order valence-electron chi connectivity index (χ3n) is 6.98. The zero-order chi connectivity index (χ0) is 31.1. The molecule has 3 aromatic carbocycles. The van der Waals surface area contributed by atoms with Crippen LogP contribution in [0.2, 0.25) is 0 Å². The van der Waals surface area contributed by atoms with Gasteiger partial charge in [0, 0.05) is 31.3 Å². The highest BCUT2D eigenvalue weighted by Crippen LogP contribution is 2.20. The lowest BCUT2D eigenvalue weighted by Gasteiger charge is -2.28. The van der Waals surface area contributed by atoms with Crippen LogP contribution in [0.3, 0.4) is 0 Å². The smallest absolute Gasteiger partial charge is 0.408 e. The van der Waals surface area contributed by atoms with Crippen LogP contribution in [0.5, 0.6) is 5.75 Å². The van der Waals surface area contributed by atoms with Crippen LogP contribution >= 0.6 is 0 Å². The summed E-state index contributed by atoms with van der Waals surface area (Å²) in [5, 5.41) is 2.68. The third-order valence-corrected chi connectivity index (χ3v) is 6.98. The van der Waals surface area contributed by atoms with Gasteiger partial charge in [-0.25, -0.2) is 15.2 Å². The second-order valence-electron chi connectivity index (χ2n) is 10.3. The van der Waals surface area contributed by atoms with Crippen LogP contribution in [-0.2, 0) is 33.9 Å². The first-order valence-corrected chi connectivity index (χ1v) is 14.3. The average Bonchev–Trinajstić information content (AvgIpc) is 3.57. The Morgan fingerprint density at radius 1 is 0.955 bits per heavy atom. The van der Waals surface area contributed by atoms with Gasteiger partial charge in [-0.1, -0.05) is 85.8 Å². The molecule has 4 N–H and O–H groups in total. The first-order chi connectivity index (χ1) is 21.4. The summed E-state index contributed by atoms with van der Waals surface area (Å²) in [7, 11) is 1.54. The molecule has 0 saturated heterocycles. The van der Waals surface area contributed by atoms with Gasteiger partial charge >= 0.3 is 6.09 Å². The molecule has 1 heterocycles. The number of benzene rings is 3. The van der Waals surface area contributed by atoms with Crippen LogP contribution in [-0.4, -0.2) is 59.0 Å². The Kier molecular flexibility index (Phi) is 11.9. The Hall–Kier alpha value is -5.16. The molecule has 0 aliphatic rings. The zero-order valence-corrected chi connectivity index (χ0v) is 24.9. The Bertz CT molecular complexity index is 1470. The first-order valence-electron chi connectivity index (χ1n) is 14.3. The number of H-pyrrole nitrogens is 1. The van der Waals surface area contributed by atoms with E-state index in [2.05, 4.69) is 26.1 Å². The molecule has 11 nitrogen and oxygen atoms in total. The SMILES string of the molecule is COc1ccccc1CN(CC(=O)NNC[C@@H](C)c1ccccc1)C(=O)[C@H](Cc1c[nH]cn1)NC(=O)OCc1ccccc1. The van der Waals surface area contributed by atoms with Gasteiger partial charge < -0.3 is 24.7 Å². The summed E-state index contributed by atoms with van der Waals surface area (Å²) in [5.74, 6) is -0.186. The number of aromatic nitrogens is 2. The van der Waals surface area contributed by atoms with Crippen molar-refractivity contribution in [2.75, 3.05) is 20.2 Å². The molecule has 1 aromatic heterocycles. The summed E-state index contributed by atoms with van der Waals surface area (Å²) < 4.78 is 10.9. The number of carbonyl (C=O) groups excluding carboxylic acids is 3. The fourth-order valence-corrected chi connectivity index (χ4v) is 4.61. The van der Waals surface area contributed by atoms with Crippen LogP contribution in [0, 0.1) is 0 Å². The minimum Gasteiger partial charge on any atom is -0.496 e. The van der Waals surface area contributed by atoms with Crippen molar-refractivity contribution in [1.29, 1.82) is 0 Å². The van der Waals surface area contributed by atoms with Crippen molar-refractivity contribution in [1.82, 2.24) is 31.0 Å². The van der Waals surface area contributed by atoms with Gasteiger partial charge in [-0.2, -0.15) is 0 Å². The molecule has 0 fully saturated rings. The van der Waals surface area contributed by atoms with E-state index in [0.717, 1.165) is 11.1 Å². The number of hydrazine groups is 1. The number of nitrogens with zero attached hydrogens (tertiary/aromatic N) is 2. The molecular weight excluding hydrogens is 560 g/mol. The Morgan fingerprint density at radius 3 is 2.36 bits per heavy atom. The van der Waals surface area contributed by atoms with Crippen molar-refractivity contribution in [2.24, 2.45) is 0 Å². The van der Waals surface area contributed by atoms with Gasteiger partial charge in [-0.05, 0) is 23.1 Å². The molecule has 0 aliphatic heterocycles. The van der Waals surface area contributed by atoms with Gasteiger partial charge in [-0.15, -0.1) is 0 Å². The largest absolute Gasteiger partial charge is 0.496 e. The molecule has 44 heavy (non-hydrogen) atoms. The zero-order valence-electron chi connectivity index (χ0n) is 24.9. The molecule has 0 spiro atoms. The molecule has 4 rings (SSSR count). The van der Waals surface area contributed by atoms with Crippen molar-refractivity contribution in [2.45, 2.75) is 38.5 Å². The number of carbonyl (C=O) groups is 3. The van der Waals surface area contributed by atoms with E-state index in [1.807, 2.05) is 85.8 Å². The fraction of sp³-hybridized carbons (Fsp3) is 0.273. The highest BCUT2D eigenvalue weighted by atomic mass is 16.5. The number of hydrogen-bond acceptors (Lipinski definition) is 7. The number of alkyl carbamates (subject to hydrolysis) is 1. The standard InChI is InChI=1S/C33H38N6O5/c1-24(26-13-7-4-8-14-26)18-36-38-31(40)21-39(20-27-15-9-10-16-30(27)43-2)32(41)29(17-28-19-34-23-35-28)37-33(42)44-22-25-11-5-3-6-12-25/h3-16,19,23-24,29,36H,17-18,20-22H2,1-2H3,(H,34,35)(H,37,42)(H,38,40)/t24-,29+/m1/s1. The van der Waals surface area contributed by atoms with Gasteiger partial charge in [0.15, 0.2) is 0 Å². The van der Waals surface area contributed by atoms with E-state index in [0.29, 0.717) is 23.6 Å². The van der Waals surface area contributed by atoms with E-state index in [9.17, 15) is 14.4 Å². The Labute approximate surface area is 257 Å². The van der Waals surface area contributed by atoms with Crippen LogP contribution in [0.4, 0.5) is 4.79 Å². The molecule has 0 radical (unpaired) electrons. The van der Waals surface area contributed by atoms with E-state index in [1.165, 1.54) is 11.2 Å². The second kappa shape index (κ2) is 16.5. The maximum absolute atomic E-state index is 14.1. The summed E-state index contributed by atoms with van der Waals surface area (Å²) in [4.78, 5) is 48.5. The van der Waals surface area contributed by atoms with Crippen molar-refractivity contribution >= 4 is 17.9 Å². The van der Waals surface area contributed by atoms with Crippen LogP contribution in [0.1, 0.15) is 35.2 Å². The number of hydrogen-bond donors (Lipinski definition) is 4. The van der Waals surface area contributed by atoms with Gasteiger partial charge in [0.05, 0.1) is 19.1 Å². The van der Waals surface area contributed by atoms with E-state index in [1.54, 1.807) is 19.4 Å². The highest BCUT2D eigenvalue weighted by molar-refractivity contribution is 5.89. The van der Waals surface area contributed by atoms with Crippen molar-refractivity contribution < 1.29 is 23.9 Å². The molecule has 230 valence electrons. The number of methoxy groups -OCH3 is 1. The molecule has 4 aromatic rings. The van der Waals surface area contributed by atoms with E-state index >= 15 is 0 Å². The maximum atomic E-state index is 14.1. The van der Waals surface area contributed by atoms with Gasteiger partial charge in [-0.3, -0.25) is 15.0 Å². The number of rotatable bonds is 15. The number of ether oxygens (including phenoxy) is 2. The molecule has 0 aliphatic carbocycles. The lowest BCUT2D eigenvalue weighted by Crippen LogP contribution is -2.53. The number of nitrogens with one attached hydrogen (secondary N) is 4. The number of imidazole rings is 1. The summed E-state index contributed by atoms with van der Waals surface area (Å²) in [5.41, 5.74) is 8.88. The van der Waals surface area contributed by atoms with Crippen LogP contribution in [0.25, 0.3) is 0 Å². The monoisotopic (exact) mass is 598 g/mol. The molecular formula is C33H38N6O5. The van der Waals surface area contributed by atoms with Crippen molar-refractivity contribution in [3.8, 4) is 5.75 Å². The normalized spacial score (nSPS) is 12.0. The summed E-state index contributed by atoms with van der Waals surface area (Å²) >= 11 is 0. The number of para-hydroxylation sites is 1. The Balaban J connectivity index is 1.47. The molecule has 11 heteroatoms. The summed E-state index contributed by atoms with van der Waals surface area (Å²) in [6, 6.07) is 25.4. The molecule has 0 bridgehead atoms. The average molecular weight is 599 g/mol. The van der Waals surface area contributed by atoms with E-state index in [4.69, 9.17) is 9.47 Å². The topological polar surface area (TPSA) is 138 Å². The minimum atomic E-state index is -1.06. The molecule has 0 saturated carbocycles. The number of amides is 3. The van der Waals surface area contributed by atoms with Crippen LogP contribution < -0.4 is 20.9 Å². The summed E-state index contributed by atoms with van der Waals surface area (Å²) in [6.45, 7) is 2.37. The van der Waals surface area contributed by atoms with E-state index in [-0.39, 0.29) is 32.0 Å². The lowest BCUT2D eigenvalue weighted by atomic mass is 10.0. The predicted molar refractivity (Wildman–Crippen MR) is 165 cm³/mol. The third kappa shape index (κ3) is 9.70. The quantitative estimate of drug-likeness (QED) is 0.153. The van der Waals surface area contributed by atoms with Gasteiger partial charge in [0.2, 0.25) is 5.91 Å². The number of aromatic amines is 1. The first kappa shape index (κ1) is 31.8. The second-order valence-corrected chi connectivity index (χ2v) is 10.3. The van der Waals surface area contributed by atoms with E-state index < -0.39 is 23.9 Å². The van der Waals surface area contributed by atoms with Crippen molar-refractivity contribution in [3.05, 3.63) is 120 Å². The molecule has 2 atom stereocenters. The molecule has 0 unspecified atom stereocenters. The van der Waals surface area contributed by atoms with Crippen LogP contribution in [0.15, 0.2) is 97.5 Å². The molecule has 3 amide bonds. The predicted octanol–water partition coefficient (Wildman–Crippen LogP) is 3.71. The fourth-order valence-electron chi connectivity index (χ4n) is 4.61. The Morgan fingerprint density at radius 2 is 1.66 bits per heavy atom. The minimum absolute atomic E-state index is 0.0381. The van der Waals surface area contributed by atoms with Gasteiger partial charge in [0.25, 0.3) is 5.91 Å². The maximum Gasteiger partial charge on any atom is 0.408 e. The highest BCUT2D eigenvalue weighted by Gasteiger charge is 2.29. The lowest BCUT2D eigenvalue weighted by molar-refractivity contribution is -0.138. The van der Waals surface area contributed by atoms with Gasteiger partial charge in [0.1, 0.15) is 24.9 Å². The summed E-state index contributed by atoms with van der Waals surface area (Å²) in [6.07, 6.45) is 2.46.